The molecular weight excluding hydrogens is 180 g/mol. The maximum Gasteiger partial charge on any atom is 0.250 e. The lowest BCUT2D eigenvalue weighted by Crippen LogP contribution is -2.44. The zero-order valence-electron chi connectivity index (χ0n) is 8.97. The monoisotopic (exact) mass is 196 g/mol. The van der Waals surface area contributed by atoms with Crippen molar-refractivity contribution < 1.29 is 9.53 Å². The van der Waals surface area contributed by atoms with Gasteiger partial charge in [-0.3, -0.25) is 4.79 Å². The Morgan fingerprint density at radius 3 is 2.79 bits per heavy atom. The van der Waals surface area contributed by atoms with Crippen LogP contribution in [-0.2, 0) is 9.53 Å². The number of nitrogens with one attached hydrogen (secondary N) is 2. The van der Waals surface area contributed by atoms with Crippen molar-refractivity contribution in [1.29, 1.82) is 0 Å². The van der Waals surface area contributed by atoms with Gasteiger partial charge in [-0.2, -0.15) is 0 Å². The molecule has 0 spiro atoms. The SMILES string of the molecule is CNC(=O)C1=CC(C)(OC)NC(C)=C1. The summed E-state index contributed by atoms with van der Waals surface area (Å²) in [5, 5.41) is 5.72. The van der Waals surface area contributed by atoms with Gasteiger partial charge >= 0.3 is 0 Å². The Hall–Kier alpha value is -1.29. The number of hydrogen-bond donors (Lipinski definition) is 2. The van der Waals surface area contributed by atoms with E-state index >= 15 is 0 Å². The molecule has 1 amide bonds. The van der Waals surface area contributed by atoms with E-state index in [-0.39, 0.29) is 5.91 Å². The van der Waals surface area contributed by atoms with Crippen molar-refractivity contribution in [2.75, 3.05) is 14.2 Å². The van der Waals surface area contributed by atoms with E-state index in [1.807, 2.05) is 13.8 Å². The molecule has 0 aromatic heterocycles. The van der Waals surface area contributed by atoms with Gasteiger partial charge in [-0.25, -0.2) is 0 Å². The number of carbonyl (C=O) groups is 1. The normalized spacial score (nSPS) is 26.0. The van der Waals surface area contributed by atoms with E-state index in [1.54, 1.807) is 26.3 Å². The van der Waals surface area contributed by atoms with Crippen LogP contribution in [-0.4, -0.2) is 25.8 Å². The summed E-state index contributed by atoms with van der Waals surface area (Å²) in [6, 6.07) is 0. The Bertz CT molecular complexity index is 307. The van der Waals surface area contributed by atoms with E-state index in [0.717, 1.165) is 5.70 Å². The topological polar surface area (TPSA) is 50.4 Å². The van der Waals surface area contributed by atoms with Crippen molar-refractivity contribution in [3.8, 4) is 0 Å². The molecule has 1 atom stereocenters. The molecule has 1 heterocycles. The molecule has 14 heavy (non-hydrogen) atoms. The number of methoxy groups -OCH3 is 1. The first-order valence-electron chi connectivity index (χ1n) is 4.47. The zero-order valence-corrected chi connectivity index (χ0v) is 8.97. The van der Waals surface area contributed by atoms with Crippen molar-refractivity contribution >= 4 is 5.91 Å². The number of likely N-dealkylation sites (N-methyl/N-ethyl adjacent to an activating group) is 1. The first-order chi connectivity index (χ1) is 6.50. The van der Waals surface area contributed by atoms with Crippen molar-refractivity contribution in [3.05, 3.63) is 23.4 Å². The summed E-state index contributed by atoms with van der Waals surface area (Å²) < 4.78 is 5.27. The van der Waals surface area contributed by atoms with Gasteiger partial charge in [0.2, 0.25) is 0 Å². The lowest BCUT2D eigenvalue weighted by Gasteiger charge is -2.31. The number of ether oxygens (including phenoxy) is 1. The maximum absolute atomic E-state index is 11.4. The maximum atomic E-state index is 11.4. The first kappa shape index (κ1) is 10.8. The molecule has 0 saturated carbocycles. The predicted molar refractivity (Wildman–Crippen MR) is 54.5 cm³/mol. The second-order valence-corrected chi connectivity index (χ2v) is 3.44. The molecule has 4 nitrogen and oxygen atoms in total. The lowest BCUT2D eigenvalue weighted by atomic mass is 10.0. The summed E-state index contributed by atoms with van der Waals surface area (Å²) in [4.78, 5) is 11.4. The molecule has 1 rings (SSSR count). The van der Waals surface area contributed by atoms with Crippen molar-refractivity contribution in [2.45, 2.75) is 19.6 Å². The number of carbonyl (C=O) groups excluding carboxylic acids is 1. The first-order valence-corrected chi connectivity index (χ1v) is 4.47. The Morgan fingerprint density at radius 2 is 2.29 bits per heavy atom. The third-order valence-corrected chi connectivity index (χ3v) is 2.16. The Labute approximate surface area is 84.0 Å². The highest BCUT2D eigenvalue weighted by Gasteiger charge is 2.25. The van der Waals surface area contributed by atoms with Crippen LogP contribution in [0.4, 0.5) is 0 Å². The van der Waals surface area contributed by atoms with Crippen molar-refractivity contribution in [1.82, 2.24) is 10.6 Å². The van der Waals surface area contributed by atoms with E-state index < -0.39 is 5.72 Å². The second-order valence-electron chi connectivity index (χ2n) is 3.44. The molecule has 0 bridgehead atoms. The quantitative estimate of drug-likeness (QED) is 0.677. The van der Waals surface area contributed by atoms with Crippen LogP contribution in [0.5, 0.6) is 0 Å². The summed E-state index contributed by atoms with van der Waals surface area (Å²) in [6.07, 6.45) is 3.55. The lowest BCUT2D eigenvalue weighted by molar-refractivity contribution is -0.117. The second kappa shape index (κ2) is 3.84. The van der Waals surface area contributed by atoms with Gasteiger partial charge in [0.15, 0.2) is 5.72 Å². The van der Waals surface area contributed by atoms with Gasteiger partial charge in [0.1, 0.15) is 0 Å². The number of amides is 1. The zero-order chi connectivity index (χ0) is 10.8. The fraction of sp³-hybridized carbons (Fsp3) is 0.500. The molecule has 0 fully saturated rings. The third-order valence-electron chi connectivity index (χ3n) is 2.16. The number of rotatable bonds is 2. The van der Waals surface area contributed by atoms with Crippen LogP contribution in [0, 0.1) is 0 Å². The minimum absolute atomic E-state index is 0.103. The van der Waals surface area contributed by atoms with Crippen LogP contribution >= 0.6 is 0 Å². The van der Waals surface area contributed by atoms with Crippen LogP contribution in [0.25, 0.3) is 0 Å². The predicted octanol–water partition coefficient (Wildman–Crippen LogP) is 0.528. The van der Waals surface area contributed by atoms with E-state index in [1.165, 1.54) is 0 Å². The Balaban J connectivity index is 2.99. The van der Waals surface area contributed by atoms with Gasteiger partial charge < -0.3 is 15.4 Å². The van der Waals surface area contributed by atoms with Crippen LogP contribution in [0.1, 0.15) is 13.8 Å². The number of hydrogen-bond acceptors (Lipinski definition) is 3. The van der Waals surface area contributed by atoms with Gasteiger partial charge in [0.05, 0.1) is 0 Å². The highest BCUT2D eigenvalue weighted by molar-refractivity contribution is 5.96. The van der Waals surface area contributed by atoms with Crippen LogP contribution in [0.3, 0.4) is 0 Å². The van der Waals surface area contributed by atoms with Gasteiger partial charge in [0, 0.05) is 25.4 Å². The van der Waals surface area contributed by atoms with E-state index in [2.05, 4.69) is 10.6 Å². The van der Waals surface area contributed by atoms with E-state index in [0.29, 0.717) is 5.57 Å². The minimum atomic E-state index is -0.597. The van der Waals surface area contributed by atoms with E-state index in [9.17, 15) is 4.79 Å². The highest BCUT2D eigenvalue weighted by Crippen LogP contribution is 2.19. The molecule has 0 aromatic carbocycles. The highest BCUT2D eigenvalue weighted by atomic mass is 16.5. The molecule has 4 heteroatoms. The molecule has 78 valence electrons. The van der Waals surface area contributed by atoms with E-state index in [4.69, 9.17) is 4.74 Å². The standard InChI is InChI=1S/C10H16N2O2/c1-7-5-8(9(13)11-3)6-10(2,12-7)14-4/h5-6,12H,1-4H3,(H,11,13). The third kappa shape index (κ3) is 2.14. The number of dihydropyridines is 1. The smallest absolute Gasteiger partial charge is 0.250 e. The molecule has 1 aliphatic heterocycles. The van der Waals surface area contributed by atoms with Crippen LogP contribution in [0.15, 0.2) is 23.4 Å². The van der Waals surface area contributed by atoms with Gasteiger partial charge in [0.25, 0.3) is 5.91 Å². The molecule has 0 saturated heterocycles. The largest absolute Gasteiger partial charge is 0.358 e. The summed E-state index contributed by atoms with van der Waals surface area (Å²) in [6.45, 7) is 3.76. The fourth-order valence-corrected chi connectivity index (χ4v) is 1.42. The molecule has 0 aromatic rings. The number of allylic oxidation sites excluding steroid dienone is 1. The fourth-order valence-electron chi connectivity index (χ4n) is 1.42. The Kier molecular flexibility index (Phi) is 2.96. The summed E-state index contributed by atoms with van der Waals surface area (Å²) in [5.41, 5.74) is 0.935. The molecule has 2 N–H and O–H groups in total. The summed E-state index contributed by atoms with van der Waals surface area (Å²) >= 11 is 0. The molecule has 1 unspecified atom stereocenters. The molecule has 1 aliphatic rings. The van der Waals surface area contributed by atoms with Gasteiger partial charge in [-0.15, -0.1) is 0 Å². The summed E-state index contributed by atoms with van der Waals surface area (Å²) in [7, 11) is 3.21. The van der Waals surface area contributed by atoms with Crippen molar-refractivity contribution in [3.63, 3.8) is 0 Å². The van der Waals surface area contributed by atoms with Crippen molar-refractivity contribution in [2.24, 2.45) is 0 Å². The van der Waals surface area contributed by atoms with Crippen LogP contribution in [0.2, 0.25) is 0 Å². The Morgan fingerprint density at radius 1 is 1.64 bits per heavy atom. The molecule has 0 radical (unpaired) electrons. The summed E-state index contributed by atoms with van der Waals surface area (Å²) in [5.74, 6) is -0.103. The molecular formula is C10H16N2O2. The minimum Gasteiger partial charge on any atom is -0.358 e. The van der Waals surface area contributed by atoms with Gasteiger partial charge in [-0.1, -0.05) is 0 Å². The van der Waals surface area contributed by atoms with Crippen LogP contribution < -0.4 is 10.6 Å². The molecule has 0 aliphatic carbocycles. The van der Waals surface area contributed by atoms with Gasteiger partial charge in [-0.05, 0) is 26.0 Å². The average molecular weight is 196 g/mol. The average Bonchev–Trinajstić information content (AvgIpc) is 2.15.